The fourth-order valence-electron chi connectivity index (χ4n) is 10.4. The van der Waals surface area contributed by atoms with E-state index in [0.717, 1.165) is 38.9 Å². The maximum Gasteiger partial charge on any atom is 0.164 e. The summed E-state index contributed by atoms with van der Waals surface area (Å²) in [5.41, 5.74) is 18.4. The van der Waals surface area contributed by atoms with Crippen LogP contribution >= 0.6 is 0 Å². The van der Waals surface area contributed by atoms with Crippen molar-refractivity contribution in [2.75, 3.05) is 0 Å². The molecule has 3 aromatic heterocycles. The zero-order chi connectivity index (χ0) is 42.9. The van der Waals surface area contributed by atoms with Gasteiger partial charge in [0.1, 0.15) is 0 Å². The Morgan fingerprint density at radius 1 is 0.262 bits per heavy atom. The van der Waals surface area contributed by atoms with Crippen molar-refractivity contribution in [1.29, 1.82) is 0 Å². The maximum absolute atomic E-state index is 5.37. The third-order valence-electron chi connectivity index (χ3n) is 13.3. The minimum Gasteiger partial charge on any atom is -0.264 e. The smallest absolute Gasteiger partial charge is 0.164 e. The lowest BCUT2D eigenvalue weighted by Crippen LogP contribution is -2.29. The van der Waals surface area contributed by atoms with Crippen molar-refractivity contribution in [1.82, 2.24) is 24.9 Å². The molecule has 3 heterocycles. The number of pyridine rings is 2. The zero-order valence-corrected chi connectivity index (χ0v) is 35.1. The van der Waals surface area contributed by atoms with E-state index in [9.17, 15) is 0 Å². The van der Waals surface area contributed by atoms with Crippen LogP contribution in [0, 0.1) is 0 Å². The van der Waals surface area contributed by atoms with Gasteiger partial charge in [-0.15, -0.1) is 0 Å². The third kappa shape index (κ3) is 5.83. The first-order valence-corrected chi connectivity index (χ1v) is 22.0. The molecular weight excluding hydrogens is 791 g/mol. The fourth-order valence-corrected chi connectivity index (χ4v) is 10.4. The number of hydrogen-bond acceptors (Lipinski definition) is 5. The molecule has 11 aromatic rings. The number of benzene rings is 8. The van der Waals surface area contributed by atoms with E-state index in [1.54, 1.807) is 12.4 Å². The highest BCUT2D eigenvalue weighted by molar-refractivity contribution is 6.01. The van der Waals surface area contributed by atoms with Crippen LogP contribution in [0.5, 0.6) is 0 Å². The summed E-state index contributed by atoms with van der Waals surface area (Å²) in [6.45, 7) is 0. The summed E-state index contributed by atoms with van der Waals surface area (Å²) in [6, 6.07) is 72.1. The first kappa shape index (κ1) is 36.9. The Morgan fingerprint density at radius 3 is 1.25 bits per heavy atom. The molecule has 0 radical (unpaired) electrons. The van der Waals surface area contributed by atoms with Crippen LogP contribution < -0.4 is 0 Å². The van der Waals surface area contributed by atoms with Crippen LogP contribution in [0.3, 0.4) is 0 Å². The van der Waals surface area contributed by atoms with Crippen molar-refractivity contribution < 1.29 is 0 Å². The van der Waals surface area contributed by atoms with Gasteiger partial charge < -0.3 is 0 Å². The first-order chi connectivity index (χ1) is 32.2. The predicted molar refractivity (Wildman–Crippen MR) is 262 cm³/mol. The van der Waals surface area contributed by atoms with Gasteiger partial charge in [-0.1, -0.05) is 158 Å². The Hall–Kier alpha value is -8.67. The summed E-state index contributed by atoms with van der Waals surface area (Å²) < 4.78 is 0. The van der Waals surface area contributed by atoms with Gasteiger partial charge in [-0.3, -0.25) is 9.97 Å². The van der Waals surface area contributed by atoms with E-state index in [1.165, 1.54) is 66.4 Å². The summed E-state index contributed by atoms with van der Waals surface area (Å²) >= 11 is 0. The Labute approximate surface area is 376 Å². The molecule has 0 N–H and O–H groups in total. The maximum atomic E-state index is 5.37. The highest BCUT2D eigenvalue weighted by atomic mass is 15.0. The monoisotopic (exact) mass is 827 g/mol. The highest BCUT2D eigenvalue weighted by Gasteiger charge is 2.50. The largest absolute Gasteiger partial charge is 0.264 e. The quantitative estimate of drug-likeness (QED) is 0.173. The van der Waals surface area contributed by atoms with Crippen LogP contribution in [-0.2, 0) is 5.41 Å². The molecule has 0 saturated carbocycles. The van der Waals surface area contributed by atoms with Gasteiger partial charge in [0.25, 0.3) is 0 Å². The van der Waals surface area contributed by atoms with Crippen molar-refractivity contribution in [2.45, 2.75) is 5.41 Å². The minimum absolute atomic E-state index is 0.589. The lowest BCUT2D eigenvalue weighted by Gasteiger charge is -2.35. The summed E-state index contributed by atoms with van der Waals surface area (Å²) in [6.07, 6.45) is 7.36. The van der Waals surface area contributed by atoms with E-state index in [2.05, 4.69) is 198 Å². The van der Waals surface area contributed by atoms with Gasteiger partial charge in [-0.2, -0.15) is 0 Å². The lowest BCUT2D eigenvalue weighted by molar-refractivity contribution is 0.776. The molecule has 0 saturated heterocycles. The predicted octanol–water partition coefficient (Wildman–Crippen LogP) is 14.2. The first-order valence-electron chi connectivity index (χ1n) is 22.0. The van der Waals surface area contributed by atoms with Crippen molar-refractivity contribution >= 4 is 10.8 Å². The second-order valence-electron chi connectivity index (χ2n) is 16.8. The van der Waals surface area contributed by atoms with Gasteiger partial charge in [-0.25, -0.2) is 15.0 Å². The van der Waals surface area contributed by atoms with Crippen LogP contribution in [0.2, 0.25) is 0 Å². The second-order valence-corrected chi connectivity index (χ2v) is 16.8. The Morgan fingerprint density at radius 2 is 0.692 bits per heavy atom. The van der Waals surface area contributed by atoms with Gasteiger partial charge >= 0.3 is 0 Å². The number of aromatic nitrogens is 5. The van der Waals surface area contributed by atoms with E-state index in [0.29, 0.717) is 17.5 Å². The van der Waals surface area contributed by atoms with Crippen molar-refractivity contribution in [3.05, 3.63) is 247 Å². The SMILES string of the molecule is c1cncc(-c2cccc(-c3nc(-c4cccc(-c5cccnc5)c4)nc(-c4ccc5c(c4)C4(c6ccccc6-c6ccccc6-5)c5ccccc5-c5cc6ccccc6cc54)n3)c2)c1. The number of nitrogens with zero attached hydrogens (tertiary/aromatic N) is 5. The number of hydrogen-bond donors (Lipinski definition) is 0. The molecule has 2 aliphatic carbocycles. The average Bonchev–Trinajstić information content (AvgIpc) is 3.61. The van der Waals surface area contributed by atoms with E-state index in [4.69, 9.17) is 15.0 Å². The molecule has 0 amide bonds. The van der Waals surface area contributed by atoms with Gasteiger partial charge in [0.15, 0.2) is 17.5 Å². The van der Waals surface area contributed by atoms with Crippen molar-refractivity contribution in [3.63, 3.8) is 0 Å². The average molecular weight is 828 g/mol. The molecule has 8 aromatic carbocycles. The van der Waals surface area contributed by atoms with Crippen LogP contribution in [0.1, 0.15) is 22.3 Å². The Balaban J connectivity index is 1.10. The number of rotatable bonds is 5. The van der Waals surface area contributed by atoms with Crippen LogP contribution in [0.15, 0.2) is 225 Å². The molecule has 5 heteroatoms. The zero-order valence-electron chi connectivity index (χ0n) is 35.1. The molecule has 0 aliphatic heterocycles. The summed E-state index contributed by atoms with van der Waals surface area (Å²) in [7, 11) is 0. The van der Waals surface area contributed by atoms with Crippen LogP contribution in [0.25, 0.3) is 101 Å². The molecule has 1 atom stereocenters. The lowest BCUT2D eigenvalue weighted by atomic mass is 9.65. The van der Waals surface area contributed by atoms with E-state index in [1.807, 2.05) is 24.5 Å². The molecule has 0 bridgehead atoms. The van der Waals surface area contributed by atoms with E-state index >= 15 is 0 Å². The van der Waals surface area contributed by atoms with Gasteiger partial charge in [0, 0.05) is 52.6 Å². The standard InChI is InChI=1S/C60H37N5/c1-2-14-41-34-56-52(33-40(41)13-1)50-24-6-8-26-54(50)60(56)53-25-7-5-23-49(53)47-21-3-4-22-48(47)51-28-27-44(35-55(51)60)59-64-57(42-17-9-15-38(31-42)45-19-11-29-61-36-45)63-58(65-59)43-18-10-16-39(32-43)46-20-12-30-62-37-46/h1-37H. The Kier molecular flexibility index (Phi) is 8.36. The molecule has 302 valence electrons. The van der Waals surface area contributed by atoms with Crippen LogP contribution in [-0.4, -0.2) is 24.9 Å². The molecular formula is C60H37N5. The Bertz CT molecular complexity index is 3570. The summed E-state index contributed by atoms with van der Waals surface area (Å²) in [4.78, 5) is 24.8. The molecule has 5 nitrogen and oxygen atoms in total. The van der Waals surface area contributed by atoms with Crippen molar-refractivity contribution in [2.24, 2.45) is 0 Å². The van der Waals surface area contributed by atoms with Gasteiger partial charge in [0.05, 0.1) is 5.41 Å². The minimum atomic E-state index is -0.675. The normalized spacial score (nSPS) is 14.2. The summed E-state index contributed by atoms with van der Waals surface area (Å²) in [5.74, 6) is 1.77. The van der Waals surface area contributed by atoms with Gasteiger partial charge in [-0.05, 0) is 120 Å². The third-order valence-corrected chi connectivity index (χ3v) is 13.3. The van der Waals surface area contributed by atoms with E-state index in [-0.39, 0.29) is 0 Å². The number of fused-ring (bicyclic) bond motifs is 13. The van der Waals surface area contributed by atoms with E-state index < -0.39 is 5.41 Å². The second kappa shape index (κ2) is 14.7. The molecule has 13 rings (SSSR count). The van der Waals surface area contributed by atoms with Crippen LogP contribution in [0.4, 0.5) is 0 Å². The summed E-state index contributed by atoms with van der Waals surface area (Å²) in [5, 5.41) is 2.44. The molecule has 1 unspecified atom stereocenters. The topological polar surface area (TPSA) is 64.5 Å². The molecule has 2 aliphatic rings. The molecule has 0 fully saturated rings. The highest BCUT2D eigenvalue weighted by Crippen LogP contribution is 2.62. The molecule has 1 spiro atoms. The van der Waals surface area contributed by atoms with Crippen molar-refractivity contribution in [3.8, 4) is 89.8 Å². The molecule has 65 heavy (non-hydrogen) atoms. The van der Waals surface area contributed by atoms with Gasteiger partial charge in [0.2, 0.25) is 0 Å². The fraction of sp³-hybridized carbons (Fsp3) is 0.0167.